The summed E-state index contributed by atoms with van der Waals surface area (Å²) in [5.74, 6) is 2.47. The molecule has 0 spiro atoms. The molecule has 2 heteroatoms. The highest BCUT2D eigenvalue weighted by molar-refractivity contribution is 5.86. The van der Waals surface area contributed by atoms with Gasteiger partial charge in [-0.2, -0.15) is 0 Å². The molecule has 35 heavy (non-hydrogen) atoms. The standard InChI is InChI=1S/C33H44N2/c1-31(2,3)35(6)26-13-16-32(4)25(20-26)9-10-27-29-12-11-28(33(29,5)17-14-30(27)32)23-8-7-22-15-18-34-21-24(22)19-23/h7-9,11,15,18-19,21,26-27,29-30H,10,12-14,16-17,20H2,1-6H3/t26-,27+,29+,30+,32+,33-/m1/s1. The van der Waals surface area contributed by atoms with E-state index in [-0.39, 0.29) is 5.54 Å². The summed E-state index contributed by atoms with van der Waals surface area (Å²) in [4.78, 5) is 7.02. The Bertz CT molecular complexity index is 1200. The number of hydrogen-bond donors (Lipinski definition) is 0. The van der Waals surface area contributed by atoms with Crippen molar-refractivity contribution in [2.24, 2.45) is 28.6 Å². The van der Waals surface area contributed by atoms with Crippen molar-refractivity contribution in [1.29, 1.82) is 0 Å². The fourth-order valence-electron chi connectivity index (χ4n) is 8.79. The third-order valence-electron chi connectivity index (χ3n) is 11.2. The van der Waals surface area contributed by atoms with Crippen molar-refractivity contribution in [3.05, 3.63) is 59.9 Å². The second-order valence-electron chi connectivity index (χ2n) is 13.7. The van der Waals surface area contributed by atoms with E-state index in [0.29, 0.717) is 16.9 Å². The second kappa shape index (κ2) is 8.04. The molecule has 0 amide bonds. The van der Waals surface area contributed by atoms with Crippen molar-refractivity contribution < 1.29 is 0 Å². The zero-order valence-corrected chi connectivity index (χ0v) is 22.8. The number of allylic oxidation sites excluding steroid dienone is 3. The van der Waals surface area contributed by atoms with Gasteiger partial charge < -0.3 is 0 Å². The van der Waals surface area contributed by atoms with Crippen LogP contribution in [-0.4, -0.2) is 28.5 Å². The zero-order chi connectivity index (χ0) is 24.6. The summed E-state index contributed by atoms with van der Waals surface area (Å²) < 4.78 is 0. The van der Waals surface area contributed by atoms with Gasteiger partial charge in [-0.1, -0.05) is 43.7 Å². The van der Waals surface area contributed by atoms with E-state index < -0.39 is 0 Å². The molecule has 2 saturated carbocycles. The van der Waals surface area contributed by atoms with E-state index in [4.69, 9.17) is 0 Å². The van der Waals surface area contributed by atoms with Gasteiger partial charge in [0.2, 0.25) is 0 Å². The highest BCUT2D eigenvalue weighted by atomic mass is 15.2. The molecular formula is C33H44N2. The summed E-state index contributed by atoms with van der Waals surface area (Å²) in [5, 5.41) is 2.56. The van der Waals surface area contributed by atoms with Gasteiger partial charge in [0, 0.05) is 29.4 Å². The van der Waals surface area contributed by atoms with Gasteiger partial charge >= 0.3 is 0 Å². The van der Waals surface area contributed by atoms with E-state index >= 15 is 0 Å². The summed E-state index contributed by atoms with van der Waals surface area (Å²) >= 11 is 0. The Balaban J connectivity index is 1.27. The van der Waals surface area contributed by atoms with Gasteiger partial charge in [-0.15, -0.1) is 0 Å². The molecule has 1 heterocycles. The largest absolute Gasteiger partial charge is 0.298 e. The SMILES string of the molecule is CN([C@@H]1CC[C@@]2(C)C(=CC[C@@H]3[C@@H]2CC[C@]2(C)C(c4ccc5ccncc5c4)=CC[C@@H]32)C1)C(C)(C)C. The minimum absolute atomic E-state index is 0.244. The Labute approximate surface area is 212 Å². The molecule has 2 fully saturated rings. The van der Waals surface area contributed by atoms with Gasteiger partial charge in [-0.05, 0) is 130 Å². The first-order valence-electron chi connectivity index (χ1n) is 14.1. The minimum atomic E-state index is 0.244. The first-order valence-corrected chi connectivity index (χ1v) is 14.1. The van der Waals surface area contributed by atoms with E-state index in [0.717, 1.165) is 17.8 Å². The van der Waals surface area contributed by atoms with Crippen molar-refractivity contribution >= 4 is 16.3 Å². The topological polar surface area (TPSA) is 16.1 Å². The van der Waals surface area contributed by atoms with Gasteiger partial charge in [-0.3, -0.25) is 9.88 Å². The van der Waals surface area contributed by atoms with Gasteiger partial charge in [0.15, 0.2) is 0 Å². The average molecular weight is 469 g/mol. The smallest absolute Gasteiger partial charge is 0.0346 e. The molecule has 1 aromatic carbocycles. The molecule has 1 aromatic heterocycles. The van der Waals surface area contributed by atoms with Crippen LogP contribution in [0.1, 0.15) is 85.1 Å². The summed E-state index contributed by atoms with van der Waals surface area (Å²) in [7, 11) is 2.35. The number of benzene rings is 1. The third kappa shape index (κ3) is 3.57. The number of rotatable bonds is 2. The minimum Gasteiger partial charge on any atom is -0.298 e. The maximum absolute atomic E-state index is 4.38. The Morgan fingerprint density at radius 2 is 1.71 bits per heavy atom. The molecule has 2 aromatic rings. The Morgan fingerprint density at radius 1 is 0.914 bits per heavy atom. The van der Waals surface area contributed by atoms with Gasteiger partial charge in [-0.25, -0.2) is 0 Å². The summed E-state index contributed by atoms with van der Waals surface area (Å²) in [6.45, 7) is 12.3. The van der Waals surface area contributed by atoms with Crippen molar-refractivity contribution in [3.63, 3.8) is 0 Å². The highest BCUT2D eigenvalue weighted by Gasteiger charge is 2.57. The molecule has 0 aliphatic heterocycles. The predicted octanol–water partition coefficient (Wildman–Crippen LogP) is 8.29. The van der Waals surface area contributed by atoms with Gasteiger partial charge in [0.1, 0.15) is 0 Å². The van der Waals surface area contributed by atoms with Crippen LogP contribution in [0.5, 0.6) is 0 Å². The molecule has 0 saturated heterocycles. The van der Waals surface area contributed by atoms with Crippen molar-refractivity contribution in [3.8, 4) is 0 Å². The molecule has 0 N–H and O–H groups in total. The monoisotopic (exact) mass is 468 g/mol. The number of pyridine rings is 1. The fraction of sp³-hybridized carbons (Fsp3) is 0.606. The van der Waals surface area contributed by atoms with Crippen LogP contribution in [0.2, 0.25) is 0 Å². The van der Waals surface area contributed by atoms with Crippen molar-refractivity contribution in [1.82, 2.24) is 9.88 Å². The van der Waals surface area contributed by atoms with Crippen molar-refractivity contribution in [2.45, 2.75) is 91.1 Å². The van der Waals surface area contributed by atoms with Crippen LogP contribution in [0.25, 0.3) is 16.3 Å². The van der Waals surface area contributed by atoms with Crippen LogP contribution in [0, 0.1) is 28.6 Å². The number of nitrogens with zero attached hydrogens (tertiary/aromatic N) is 2. The molecular weight excluding hydrogens is 424 g/mol. The maximum atomic E-state index is 4.38. The summed E-state index contributed by atoms with van der Waals surface area (Å²) in [6.07, 6.45) is 18.5. The van der Waals surface area contributed by atoms with Crippen LogP contribution in [0.15, 0.2) is 54.4 Å². The number of hydrogen-bond acceptors (Lipinski definition) is 2. The van der Waals surface area contributed by atoms with E-state index in [2.05, 4.69) is 88.0 Å². The molecule has 6 rings (SSSR count). The number of fused-ring (bicyclic) bond motifs is 6. The fourth-order valence-corrected chi connectivity index (χ4v) is 8.79. The molecule has 2 nitrogen and oxygen atoms in total. The lowest BCUT2D eigenvalue weighted by atomic mass is 9.47. The zero-order valence-electron chi connectivity index (χ0n) is 22.8. The van der Waals surface area contributed by atoms with Crippen molar-refractivity contribution in [2.75, 3.05) is 7.05 Å². The average Bonchev–Trinajstić information content (AvgIpc) is 3.19. The molecule has 0 bridgehead atoms. The molecule has 0 radical (unpaired) electrons. The lowest BCUT2D eigenvalue weighted by Gasteiger charge is -2.59. The summed E-state index contributed by atoms with van der Waals surface area (Å²) in [6, 6.07) is 9.86. The maximum Gasteiger partial charge on any atom is 0.0346 e. The van der Waals surface area contributed by atoms with Crippen LogP contribution in [0.4, 0.5) is 0 Å². The van der Waals surface area contributed by atoms with Crippen LogP contribution in [-0.2, 0) is 0 Å². The lowest BCUT2D eigenvalue weighted by molar-refractivity contribution is -0.0229. The quantitative estimate of drug-likeness (QED) is 0.412. The third-order valence-corrected chi connectivity index (χ3v) is 11.2. The Morgan fingerprint density at radius 3 is 2.51 bits per heavy atom. The van der Waals surface area contributed by atoms with E-state index in [1.807, 2.05) is 12.4 Å². The predicted molar refractivity (Wildman–Crippen MR) is 148 cm³/mol. The first kappa shape index (κ1) is 23.5. The summed E-state index contributed by atoms with van der Waals surface area (Å²) in [5.41, 5.74) is 5.80. The Hall–Kier alpha value is -1.93. The van der Waals surface area contributed by atoms with Crippen LogP contribution < -0.4 is 0 Å². The molecule has 6 atom stereocenters. The number of aromatic nitrogens is 1. The molecule has 186 valence electrons. The molecule has 0 unspecified atom stereocenters. The lowest BCUT2D eigenvalue weighted by Crippen LogP contribution is -2.53. The van der Waals surface area contributed by atoms with Gasteiger partial charge in [0.05, 0.1) is 0 Å². The highest BCUT2D eigenvalue weighted by Crippen LogP contribution is 2.66. The van der Waals surface area contributed by atoms with Crippen LogP contribution >= 0.6 is 0 Å². The second-order valence-corrected chi connectivity index (χ2v) is 13.7. The molecule has 4 aliphatic carbocycles. The van der Waals surface area contributed by atoms with Crippen LogP contribution in [0.3, 0.4) is 0 Å². The molecule has 4 aliphatic rings. The van der Waals surface area contributed by atoms with E-state index in [1.165, 1.54) is 61.3 Å². The Kier molecular flexibility index (Phi) is 5.39. The van der Waals surface area contributed by atoms with Gasteiger partial charge in [0.25, 0.3) is 0 Å². The normalized spacial score (nSPS) is 36.9. The van der Waals surface area contributed by atoms with E-state index in [9.17, 15) is 0 Å². The first-order chi connectivity index (χ1) is 16.6. The van der Waals surface area contributed by atoms with E-state index in [1.54, 1.807) is 11.1 Å².